The van der Waals surface area contributed by atoms with Gasteiger partial charge in [0.1, 0.15) is 5.75 Å². The molecule has 15 heavy (non-hydrogen) atoms. The summed E-state index contributed by atoms with van der Waals surface area (Å²) in [6.07, 6.45) is 0.791. The number of para-hydroxylation sites is 1. The number of rotatable bonds is 2. The number of hydrogen-bond acceptors (Lipinski definition) is 2. The van der Waals surface area contributed by atoms with Gasteiger partial charge in [0.2, 0.25) is 5.91 Å². The SMILES string of the molecule is CCC1(C)C(=O)Nc2c(OC)cccc21. The molecule has 0 bridgehead atoms. The Morgan fingerprint density at radius 2 is 2.20 bits per heavy atom. The summed E-state index contributed by atoms with van der Waals surface area (Å²) in [5, 5.41) is 2.89. The van der Waals surface area contributed by atoms with Gasteiger partial charge in [-0.2, -0.15) is 0 Å². The molecule has 0 aromatic heterocycles. The van der Waals surface area contributed by atoms with Gasteiger partial charge in [-0.05, 0) is 25.0 Å². The van der Waals surface area contributed by atoms with Crippen LogP contribution in [0.2, 0.25) is 0 Å². The molecule has 1 aromatic carbocycles. The van der Waals surface area contributed by atoms with Crippen LogP contribution >= 0.6 is 0 Å². The van der Waals surface area contributed by atoms with E-state index in [9.17, 15) is 4.79 Å². The van der Waals surface area contributed by atoms with E-state index in [4.69, 9.17) is 4.74 Å². The summed E-state index contributed by atoms with van der Waals surface area (Å²) in [7, 11) is 1.61. The van der Waals surface area contributed by atoms with Crippen molar-refractivity contribution in [1.82, 2.24) is 0 Å². The minimum atomic E-state index is -0.413. The normalized spacial score (nSPS) is 23.5. The first kappa shape index (κ1) is 10.0. The van der Waals surface area contributed by atoms with Crippen molar-refractivity contribution in [3.8, 4) is 5.75 Å². The molecule has 3 heteroatoms. The maximum absolute atomic E-state index is 11.9. The van der Waals surface area contributed by atoms with Gasteiger partial charge in [0, 0.05) is 0 Å². The number of amides is 1. The molecule has 80 valence electrons. The van der Waals surface area contributed by atoms with Crippen molar-refractivity contribution in [3.05, 3.63) is 23.8 Å². The Bertz CT molecular complexity index is 414. The standard InChI is InChI=1S/C12H15NO2/c1-4-12(2)8-6-5-7-9(15-3)10(8)13-11(12)14/h5-7H,4H2,1-3H3,(H,13,14). The highest BCUT2D eigenvalue weighted by atomic mass is 16.5. The first-order valence-electron chi connectivity index (χ1n) is 5.12. The van der Waals surface area contributed by atoms with Crippen LogP contribution in [0, 0.1) is 0 Å². The first-order valence-corrected chi connectivity index (χ1v) is 5.12. The van der Waals surface area contributed by atoms with E-state index in [0.717, 1.165) is 23.4 Å². The van der Waals surface area contributed by atoms with E-state index in [-0.39, 0.29) is 5.91 Å². The molecule has 1 aromatic rings. The second kappa shape index (κ2) is 3.26. The van der Waals surface area contributed by atoms with Crippen molar-refractivity contribution < 1.29 is 9.53 Å². The number of hydrogen-bond donors (Lipinski definition) is 1. The minimum Gasteiger partial charge on any atom is -0.495 e. The molecule has 1 amide bonds. The van der Waals surface area contributed by atoms with Crippen molar-refractivity contribution in [2.75, 3.05) is 12.4 Å². The Morgan fingerprint density at radius 3 is 2.80 bits per heavy atom. The Labute approximate surface area is 89.4 Å². The molecule has 1 aliphatic rings. The molecular formula is C12H15NO2. The van der Waals surface area contributed by atoms with Gasteiger partial charge in [0.05, 0.1) is 18.2 Å². The fourth-order valence-electron chi connectivity index (χ4n) is 2.01. The molecule has 0 radical (unpaired) electrons. The Hall–Kier alpha value is -1.51. The summed E-state index contributed by atoms with van der Waals surface area (Å²) in [6, 6.07) is 5.77. The summed E-state index contributed by atoms with van der Waals surface area (Å²) in [4.78, 5) is 11.9. The molecule has 2 rings (SSSR count). The first-order chi connectivity index (χ1) is 7.13. The van der Waals surface area contributed by atoms with Crippen LogP contribution in [0.15, 0.2) is 18.2 Å². The van der Waals surface area contributed by atoms with Gasteiger partial charge in [-0.1, -0.05) is 19.1 Å². The van der Waals surface area contributed by atoms with Gasteiger partial charge in [-0.15, -0.1) is 0 Å². The third-order valence-corrected chi connectivity index (χ3v) is 3.29. The van der Waals surface area contributed by atoms with Crippen LogP contribution in [-0.2, 0) is 10.2 Å². The fourth-order valence-corrected chi connectivity index (χ4v) is 2.01. The van der Waals surface area contributed by atoms with E-state index in [2.05, 4.69) is 5.32 Å². The summed E-state index contributed by atoms with van der Waals surface area (Å²) < 4.78 is 5.23. The summed E-state index contributed by atoms with van der Waals surface area (Å²) in [5.74, 6) is 0.794. The Kier molecular flexibility index (Phi) is 2.18. The number of methoxy groups -OCH3 is 1. The van der Waals surface area contributed by atoms with Crippen molar-refractivity contribution in [1.29, 1.82) is 0 Å². The highest BCUT2D eigenvalue weighted by molar-refractivity contribution is 6.07. The molecule has 0 spiro atoms. The van der Waals surface area contributed by atoms with Crippen molar-refractivity contribution >= 4 is 11.6 Å². The Balaban J connectivity index is 2.61. The summed E-state index contributed by atoms with van der Waals surface area (Å²) in [6.45, 7) is 3.99. The maximum Gasteiger partial charge on any atom is 0.234 e. The quantitative estimate of drug-likeness (QED) is 0.804. The van der Waals surface area contributed by atoms with Crippen molar-refractivity contribution in [2.24, 2.45) is 0 Å². The topological polar surface area (TPSA) is 38.3 Å². The zero-order valence-electron chi connectivity index (χ0n) is 9.26. The van der Waals surface area contributed by atoms with Gasteiger partial charge in [0.15, 0.2) is 0 Å². The van der Waals surface area contributed by atoms with E-state index in [1.807, 2.05) is 32.0 Å². The number of carbonyl (C=O) groups excluding carboxylic acids is 1. The molecular weight excluding hydrogens is 190 g/mol. The second-order valence-corrected chi connectivity index (χ2v) is 4.02. The van der Waals surface area contributed by atoms with Gasteiger partial charge in [-0.25, -0.2) is 0 Å². The van der Waals surface area contributed by atoms with Gasteiger partial charge < -0.3 is 10.1 Å². The Morgan fingerprint density at radius 1 is 1.47 bits per heavy atom. The smallest absolute Gasteiger partial charge is 0.234 e. The molecule has 1 N–H and O–H groups in total. The van der Waals surface area contributed by atoms with E-state index in [1.165, 1.54) is 0 Å². The average Bonchev–Trinajstić information content (AvgIpc) is 2.52. The van der Waals surface area contributed by atoms with Crippen LogP contribution in [0.1, 0.15) is 25.8 Å². The van der Waals surface area contributed by atoms with E-state index in [0.29, 0.717) is 0 Å². The molecule has 1 atom stereocenters. The highest BCUT2D eigenvalue weighted by Gasteiger charge is 2.42. The third-order valence-electron chi connectivity index (χ3n) is 3.29. The van der Waals surface area contributed by atoms with Crippen LogP contribution in [0.25, 0.3) is 0 Å². The molecule has 3 nitrogen and oxygen atoms in total. The van der Waals surface area contributed by atoms with Crippen LogP contribution in [0.3, 0.4) is 0 Å². The number of fused-ring (bicyclic) bond motifs is 1. The summed E-state index contributed by atoms with van der Waals surface area (Å²) in [5.41, 5.74) is 1.45. The predicted molar refractivity (Wildman–Crippen MR) is 59.3 cm³/mol. The average molecular weight is 205 g/mol. The lowest BCUT2D eigenvalue weighted by molar-refractivity contribution is -0.120. The van der Waals surface area contributed by atoms with Gasteiger partial charge in [0.25, 0.3) is 0 Å². The molecule has 0 fully saturated rings. The molecule has 0 saturated carbocycles. The lowest BCUT2D eigenvalue weighted by Crippen LogP contribution is -2.29. The minimum absolute atomic E-state index is 0.0597. The maximum atomic E-state index is 11.9. The van der Waals surface area contributed by atoms with E-state index < -0.39 is 5.41 Å². The van der Waals surface area contributed by atoms with Gasteiger partial charge >= 0.3 is 0 Å². The monoisotopic (exact) mass is 205 g/mol. The molecule has 1 aliphatic heterocycles. The zero-order valence-corrected chi connectivity index (χ0v) is 9.26. The predicted octanol–water partition coefficient (Wildman–Crippen LogP) is 2.32. The van der Waals surface area contributed by atoms with Crippen molar-refractivity contribution in [2.45, 2.75) is 25.7 Å². The molecule has 1 unspecified atom stereocenters. The second-order valence-electron chi connectivity index (χ2n) is 4.02. The lowest BCUT2D eigenvalue weighted by atomic mass is 9.81. The van der Waals surface area contributed by atoms with Gasteiger partial charge in [-0.3, -0.25) is 4.79 Å². The number of anilines is 1. The third kappa shape index (κ3) is 1.23. The van der Waals surface area contributed by atoms with Crippen LogP contribution in [-0.4, -0.2) is 13.0 Å². The number of carbonyl (C=O) groups is 1. The van der Waals surface area contributed by atoms with E-state index in [1.54, 1.807) is 7.11 Å². The largest absolute Gasteiger partial charge is 0.495 e. The van der Waals surface area contributed by atoms with E-state index >= 15 is 0 Å². The molecule has 0 saturated heterocycles. The number of ether oxygens (including phenoxy) is 1. The van der Waals surface area contributed by atoms with Crippen LogP contribution in [0.5, 0.6) is 5.75 Å². The van der Waals surface area contributed by atoms with Crippen LogP contribution in [0.4, 0.5) is 5.69 Å². The molecule has 0 aliphatic carbocycles. The number of benzene rings is 1. The highest BCUT2D eigenvalue weighted by Crippen LogP contribution is 2.44. The summed E-state index contributed by atoms with van der Waals surface area (Å²) >= 11 is 0. The molecule has 1 heterocycles. The van der Waals surface area contributed by atoms with Crippen LogP contribution < -0.4 is 10.1 Å². The fraction of sp³-hybridized carbons (Fsp3) is 0.417. The van der Waals surface area contributed by atoms with Crippen molar-refractivity contribution in [3.63, 3.8) is 0 Å². The zero-order chi connectivity index (χ0) is 11.1. The number of nitrogens with one attached hydrogen (secondary N) is 1. The lowest BCUT2D eigenvalue weighted by Gasteiger charge is -2.19.